The van der Waals surface area contributed by atoms with Gasteiger partial charge in [0.2, 0.25) is 5.91 Å². The number of carbonyl (C=O) groups excluding carboxylic acids is 2. The summed E-state index contributed by atoms with van der Waals surface area (Å²) in [6, 6.07) is 25.5. The lowest BCUT2D eigenvalue weighted by Gasteiger charge is -2.10. The first-order chi connectivity index (χ1) is 17.6. The van der Waals surface area contributed by atoms with E-state index in [0.29, 0.717) is 29.2 Å². The van der Waals surface area contributed by atoms with Crippen LogP contribution in [0.5, 0.6) is 17.2 Å². The SMILES string of the molecule is CCOc1ccc(C(=O)Oc2ccc(C=NNC(=O)Cc3cccc4ccccc34)cc2OC)cc1. The maximum Gasteiger partial charge on any atom is 0.343 e. The summed E-state index contributed by atoms with van der Waals surface area (Å²) in [5.74, 6) is 0.572. The van der Waals surface area contributed by atoms with Crippen LogP contribution in [0.2, 0.25) is 0 Å². The highest BCUT2D eigenvalue weighted by Gasteiger charge is 2.13. The molecular formula is C29H26N2O5. The van der Waals surface area contributed by atoms with Crippen LogP contribution >= 0.6 is 0 Å². The zero-order valence-electron chi connectivity index (χ0n) is 20.1. The van der Waals surface area contributed by atoms with Crippen molar-refractivity contribution in [3.63, 3.8) is 0 Å². The van der Waals surface area contributed by atoms with Crippen LogP contribution in [0.1, 0.15) is 28.4 Å². The van der Waals surface area contributed by atoms with Crippen molar-refractivity contribution >= 4 is 28.9 Å². The van der Waals surface area contributed by atoms with Gasteiger partial charge in [0, 0.05) is 0 Å². The fourth-order valence-corrected chi connectivity index (χ4v) is 3.70. The Labute approximate surface area is 209 Å². The third-order valence-electron chi connectivity index (χ3n) is 5.43. The quantitative estimate of drug-likeness (QED) is 0.154. The van der Waals surface area contributed by atoms with Crippen molar-refractivity contribution in [1.82, 2.24) is 5.43 Å². The highest BCUT2D eigenvalue weighted by atomic mass is 16.6. The van der Waals surface area contributed by atoms with E-state index < -0.39 is 5.97 Å². The molecular weight excluding hydrogens is 456 g/mol. The molecule has 0 aliphatic rings. The summed E-state index contributed by atoms with van der Waals surface area (Å²) in [6.07, 6.45) is 1.71. The number of ether oxygens (including phenoxy) is 3. The molecule has 0 bridgehead atoms. The first kappa shape index (κ1) is 24.5. The Balaban J connectivity index is 1.37. The van der Waals surface area contributed by atoms with Crippen LogP contribution in [-0.4, -0.2) is 31.8 Å². The van der Waals surface area contributed by atoms with Crippen LogP contribution in [0, 0.1) is 0 Å². The maximum absolute atomic E-state index is 12.5. The minimum atomic E-state index is -0.515. The summed E-state index contributed by atoms with van der Waals surface area (Å²) in [7, 11) is 1.48. The van der Waals surface area contributed by atoms with Gasteiger partial charge in [-0.2, -0.15) is 5.10 Å². The molecule has 0 spiro atoms. The predicted molar refractivity (Wildman–Crippen MR) is 139 cm³/mol. The number of benzene rings is 4. The van der Waals surface area contributed by atoms with Gasteiger partial charge in [0.05, 0.1) is 31.9 Å². The average Bonchev–Trinajstić information content (AvgIpc) is 2.90. The summed E-state index contributed by atoms with van der Waals surface area (Å²) in [5.41, 5.74) is 4.54. The van der Waals surface area contributed by atoms with Crippen LogP contribution in [-0.2, 0) is 11.2 Å². The summed E-state index contributed by atoms with van der Waals surface area (Å²) in [5, 5.41) is 6.18. The molecule has 0 saturated heterocycles. The van der Waals surface area contributed by atoms with Gasteiger partial charge in [0.1, 0.15) is 5.75 Å². The summed E-state index contributed by atoms with van der Waals surface area (Å²) in [6.45, 7) is 2.44. The molecule has 0 saturated carbocycles. The molecule has 0 aromatic heterocycles. The topological polar surface area (TPSA) is 86.2 Å². The number of hydrogen-bond acceptors (Lipinski definition) is 6. The maximum atomic E-state index is 12.5. The van der Waals surface area contributed by atoms with Gasteiger partial charge in [-0.1, -0.05) is 42.5 Å². The minimum Gasteiger partial charge on any atom is -0.494 e. The number of amides is 1. The molecule has 0 atom stereocenters. The van der Waals surface area contributed by atoms with Crippen LogP contribution in [0.4, 0.5) is 0 Å². The van der Waals surface area contributed by atoms with Gasteiger partial charge in [-0.3, -0.25) is 4.79 Å². The molecule has 7 nitrogen and oxygen atoms in total. The zero-order valence-corrected chi connectivity index (χ0v) is 20.1. The number of nitrogens with one attached hydrogen (secondary N) is 1. The Morgan fingerprint density at radius 3 is 2.47 bits per heavy atom. The van der Waals surface area contributed by atoms with Crippen molar-refractivity contribution in [3.8, 4) is 17.2 Å². The van der Waals surface area contributed by atoms with Crippen LogP contribution in [0.25, 0.3) is 10.8 Å². The third-order valence-corrected chi connectivity index (χ3v) is 5.43. The summed E-state index contributed by atoms with van der Waals surface area (Å²) < 4.78 is 16.3. The van der Waals surface area contributed by atoms with Crippen molar-refractivity contribution in [2.45, 2.75) is 13.3 Å². The number of methoxy groups -OCH3 is 1. The number of esters is 1. The Morgan fingerprint density at radius 2 is 1.69 bits per heavy atom. The normalized spacial score (nSPS) is 10.8. The van der Waals surface area contributed by atoms with Crippen LogP contribution in [0.3, 0.4) is 0 Å². The van der Waals surface area contributed by atoms with Crippen molar-refractivity contribution in [2.24, 2.45) is 5.10 Å². The highest BCUT2D eigenvalue weighted by molar-refractivity contribution is 5.92. The Kier molecular flexibility index (Phi) is 7.93. The molecule has 7 heteroatoms. The monoisotopic (exact) mass is 482 g/mol. The van der Waals surface area contributed by atoms with E-state index in [4.69, 9.17) is 14.2 Å². The van der Waals surface area contributed by atoms with Gasteiger partial charge in [0.15, 0.2) is 11.5 Å². The Morgan fingerprint density at radius 1 is 0.917 bits per heavy atom. The van der Waals surface area contributed by atoms with Crippen LogP contribution < -0.4 is 19.6 Å². The van der Waals surface area contributed by atoms with Gasteiger partial charge in [0.25, 0.3) is 0 Å². The lowest BCUT2D eigenvalue weighted by atomic mass is 10.0. The molecule has 4 rings (SSSR count). The minimum absolute atomic E-state index is 0.211. The summed E-state index contributed by atoms with van der Waals surface area (Å²) >= 11 is 0. The van der Waals surface area contributed by atoms with E-state index in [1.807, 2.05) is 49.4 Å². The molecule has 0 heterocycles. The van der Waals surface area contributed by atoms with E-state index in [9.17, 15) is 9.59 Å². The fourth-order valence-electron chi connectivity index (χ4n) is 3.70. The smallest absolute Gasteiger partial charge is 0.343 e. The number of carbonyl (C=O) groups is 2. The van der Waals surface area contributed by atoms with Gasteiger partial charge >= 0.3 is 5.97 Å². The standard InChI is InChI=1S/C29H26N2O5/c1-3-35-24-14-12-22(13-15-24)29(33)36-26-16-11-20(17-27(26)34-2)19-30-31-28(32)18-23-9-6-8-21-7-4-5-10-25(21)23/h4-17,19H,3,18H2,1-2H3,(H,31,32). The van der Waals surface area contributed by atoms with Crippen molar-refractivity contribution in [2.75, 3.05) is 13.7 Å². The number of nitrogens with zero attached hydrogens (tertiary/aromatic N) is 1. The van der Waals surface area contributed by atoms with Crippen molar-refractivity contribution < 1.29 is 23.8 Å². The first-order valence-electron chi connectivity index (χ1n) is 11.5. The number of hydrazone groups is 1. The van der Waals surface area contributed by atoms with Gasteiger partial charge in [-0.25, -0.2) is 10.2 Å². The number of fused-ring (bicyclic) bond motifs is 1. The molecule has 0 fully saturated rings. The zero-order chi connectivity index (χ0) is 25.3. The Bertz CT molecular complexity index is 1390. The number of rotatable bonds is 9. The van der Waals surface area contributed by atoms with Crippen molar-refractivity contribution in [1.29, 1.82) is 0 Å². The first-order valence-corrected chi connectivity index (χ1v) is 11.5. The molecule has 1 N–H and O–H groups in total. The van der Waals surface area contributed by atoms with E-state index >= 15 is 0 Å². The van der Waals surface area contributed by atoms with E-state index in [-0.39, 0.29) is 18.1 Å². The molecule has 0 unspecified atom stereocenters. The van der Waals surface area contributed by atoms with E-state index in [0.717, 1.165) is 16.3 Å². The lowest BCUT2D eigenvalue weighted by Crippen LogP contribution is -2.19. The van der Waals surface area contributed by atoms with E-state index in [1.54, 1.807) is 42.5 Å². The van der Waals surface area contributed by atoms with E-state index in [2.05, 4.69) is 10.5 Å². The number of hydrogen-bond donors (Lipinski definition) is 1. The molecule has 182 valence electrons. The second kappa shape index (κ2) is 11.7. The molecule has 4 aromatic rings. The molecule has 0 aliphatic heterocycles. The predicted octanol–water partition coefficient (Wildman–Crippen LogP) is 5.16. The molecule has 0 radical (unpaired) electrons. The fraction of sp³-hybridized carbons (Fsp3) is 0.138. The Hall–Kier alpha value is -4.65. The highest BCUT2D eigenvalue weighted by Crippen LogP contribution is 2.28. The van der Waals surface area contributed by atoms with Gasteiger partial charge < -0.3 is 14.2 Å². The third kappa shape index (κ3) is 6.07. The molecule has 4 aromatic carbocycles. The van der Waals surface area contributed by atoms with Crippen LogP contribution in [0.15, 0.2) is 90.0 Å². The summed E-state index contributed by atoms with van der Waals surface area (Å²) in [4.78, 5) is 24.9. The van der Waals surface area contributed by atoms with Gasteiger partial charge in [-0.15, -0.1) is 0 Å². The molecule has 1 amide bonds. The lowest BCUT2D eigenvalue weighted by molar-refractivity contribution is -0.120. The average molecular weight is 483 g/mol. The van der Waals surface area contributed by atoms with Crippen molar-refractivity contribution in [3.05, 3.63) is 102 Å². The van der Waals surface area contributed by atoms with Gasteiger partial charge in [-0.05, 0) is 71.3 Å². The second-order valence-electron chi connectivity index (χ2n) is 7.87. The second-order valence-corrected chi connectivity index (χ2v) is 7.87. The van der Waals surface area contributed by atoms with E-state index in [1.165, 1.54) is 13.3 Å². The molecule has 0 aliphatic carbocycles. The molecule has 36 heavy (non-hydrogen) atoms. The largest absolute Gasteiger partial charge is 0.494 e.